The molecule has 0 aliphatic heterocycles. The van der Waals surface area contributed by atoms with Gasteiger partial charge in [0, 0.05) is 13.7 Å². The van der Waals surface area contributed by atoms with Gasteiger partial charge in [-0.25, -0.2) is 4.79 Å². The minimum Gasteiger partial charge on any atom is -0.494 e. The van der Waals surface area contributed by atoms with E-state index >= 15 is 0 Å². The summed E-state index contributed by atoms with van der Waals surface area (Å²) in [4.78, 5) is 12.8. The maximum atomic E-state index is 12.8. The average Bonchev–Trinajstić information content (AvgIpc) is 2.97. The first-order valence-electron chi connectivity index (χ1n) is 13.8. The number of carbonyl (C=O) groups is 1. The van der Waals surface area contributed by atoms with E-state index in [9.17, 15) is 4.79 Å². The van der Waals surface area contributed by atoms with E-state index < -0.39 is 5.97 Å². The van der Waals surface area contributed by atoms with Crippen LogP contribution in [0.4, 0.5) is 5.69 Å². The van der Waals surface area contributed by atoms with E-state index in [0.29, 0.717) is 42.5 Å². The molecular formula is C32H41NO6. The van der Waals surface area contributed by atoms with Crippen molar-refractivity contribution in [3.63, 3.8) is 0 Å². The lowest BCUT2D eigenvalue weighted by atomic mass is 10.1. The first-order valence-corrected chi connectivity index (χ1v) is 13.8. The quantitative estimate of drug-likeness (QED) is 0.0749. The molecule has 0 saturated carbocycles. The number of ether oxygens (including phenoxy) is 5. The van der Waals surface area contributed by atoms with Gasteiger partial charge in [0.15, 0.2) is 6.79 Å². The summed E-state index contributed by atoms with van der Waals surface area (Å²) in [5.74, 6) is 1.49. The van der Waals surface area contributed by atoms with E-state index in [1.54, 1.807) is 37.4 Å². The molecule has 7 nitrogen and oxygen atoms in total. The van der Waals surface area contributed by atoms with Crippen molar-refractivity contribution in [3.05, 3.63) is 83.9 Å². The number of methoxy groups -OCH3 is 1. The van der Waals surface area contributed by atoms with Gasteiger partial charge in [0.25, 0.3) is 0 Å². The number of unbranched alkanes of at least 4 members (excludes halogenated alkanes) is 5. The zero-order valence-corrected chi connectivity index (χ0v) is 23.2. The molecule has 7 heteroatoms. The first kappa shape index (κ1) is 30.0. The zero-order valence-electron chi connectivity index (χ0n) is 23.2. The molecule has 0 bridgehead atoms. The van der Waals surface area contributed by atoms with Crippen LogP contribution in [0.1, 0.15) is 61.4 Å². The Morgan fingerprint density at radius 2 is 1.54 bits per heavy atom. The van der Waals surface area contributed by atoms with E-state index in [-0.39, 0.29) is 6.79 Å². The van der Waals surface area contributed by atoms with Gasteiger partial charge in [0.05, 0.1) is 31.1 Å². The van der Waals surface area contributed by atoms with Crippen LogP contribution in [0.5, 0.6) is 17.2 Å². The summed E-state index contributed by atoms with van der Waals surface area (Å²) < 4.78 is 27.7. The van der Waals surface area contributed by atoms with Crippen LogP contribution in [-0.4, -0.2) is 39.7 Å². The van der Waals surface area contributed by atoms with Gasteiger partial charge in [-0.1, -0.05) is 69.4 Å². The monoisotopic (exact) mass is 535 g/mol. The molecule has 0 aliphatic rings. The van der Waals surface area contributed by atoms with E-state index in [1.165, 1.54) is 32.1 Å². The van der Waals surface area contributed by atoms with Crippen molar-refractivity contribution in [1.29, 1.82) is 0 Å². The normalized spacial score (nSPS) is 10.7. The van der Waals surface area contributed by atoms with Crippen molar-refractivity contribution in [2.45, 2.75) is 52.0 Å². The molecule has 3 rings (SSSR count). The maximum absolute atomic E-state index is 12.8. The second-order valence-corrected chi connectivity index (χ2v) is 9.19. The first-order chi connectivity index (χ1) is 19.2. The van der Waals surface area contributed by atoms with E-state index in [4.69, 9.17) is 23.7 Å². The van der Waals surface area contributed by atoms with Crippen LogP contribution in [0.2, 0.25) is 0 Å². The summed E-state index contributed by atoms with van der Waals surface area (Å²) in [6.07, 6.45) is 7.45. The minimum atomic E-state index is -0.445. The molecule has 39 heavy (non-hydrogen) atoms. The van der Waals surface area contributed by atoms with Crippen LogP contribution in [-0.2, 0) is 16.0 Å². The van der Waals surface area contributed by atoms with Crippen LogP contribution >= 0.6 is 0 Å². The zero-order chi connectivity index (χ0) is 27.5. The number of hydrogen-bond donors (Lipinski definition) is 1. The molecule has 0 aromatic heterocycles. The predicted molar refractivity (Wildman–Crippen MR) is 154 cm³/mol. The molecule has 0 spiro atoms. The Hall–Kier alpha value is -3.55. The SMILES string of the molecule is CCCCCCCCOc1ccc(CNc2cc(C(=O)Oc3ccccc3)ccc2OCOCCOC)cc1. The van der Waals surface area contributed by atoms with E-state index in [1.807, 2.05) is 42.5 Å². The van der Waals surface area contributed by atoms with Gasteiger partial charge in [-0.3, -0.25) is 0 Å². The Balaban J connectivity index is 1.57. The summed E-state index contributed by atoms with van der Waals surface area (Å²) in [7, 11) is 1.62. The number of rotatable bonds is 19. The van der Waals surface area contributed by atoms with Gasteiger partial charge in [-0.05, 0) is 54.4 Å². The highest BCUT2D eigenvalue weighted by atomic mass is 16.7. The van der Waals surface area contributed by atoms with Crippen molar-refractivity contribution in [1.82, 2.24) is 0 Å². The van der Waals surface area contributed by atoms with Crippen LogP contribution in [0, 0.1) is 0 Å². The number of hydrogen-bond acceptors (Lipinski definition) is 7. The maximum Gasteiger partial charge on any atom is 0.343 e. The Morgan fingerprint density at radius 3 is 2.31 bits per heavy atom. The standard InChI is InChI=1S/C32H41NO6/c1-3-4-5-6-7-11-20-37-28-17-14-26(15-18-28)24-33-30-23-27(32(34)39-29-12-9-8-10-13-29)16-19-31(30)38-25-36-22-21-35-2/h8-10,12-19,23,33H,3-7,11,20-22,24-25H2,1-2H3. The molecule has 0 heterocycles. The fourth-order valence-corrected chi connectivity index (χ4v) is 3.86. The Labute approximate surface area is 232 Å². The number of esters is 1. The average molecular weight is 536 g/mol. The Bertz CT molecular complexity index is 1090. The third-order valence-electron chi connectivity index (χ3n) is 6.07. The van der Waals surface area contributed by atoms with Crippen LogP contribution in [0.3, 0.4) is 0 Å². The van der Waals surface area contributed by atoms with E-state index in [0.717, 1.165) is 24.3 Å². The van der Waals surface area contributed by atoms with Crippen molar-refractivity contribution < 1.29 is 28.5 Å². The Morgan fingerprint density at radius 1 is 0.769 bits per heavy atom. The lowest BCUT2D eigenvalue weighted by molar-refractivity contribution is -0.00817. The molecule has 3 aromatic rings. The molecule has 1 N–H and O–H groups in total. The van der Waals surface area contributed by atoms with Gasteiger partial charge in [0.1, 0.15) is 17.2 Å². The Kier molecular flexibility index (Phi) is 13.7. The minimum absolute atomic E-state index is 0.0660. The van der Waals surface area contributed by atoms with Gasteiger partial charge in [0.2, 0.25) is 0 Å². The van der Waals surface area contributed by atoms with Crippen LogP contribution in [0.15, 0.2) is 72.8 Å². The number of carbonyl (C=O) groups excluding carboxylic acids is 1. The molecule has 0 saturated heterocycles. The van der Waals surface area contributed by atoms with Gasteiger partial charge < -0.3 is 29.0 Å². The molecule has 0 radical (unpaired) electrons. The lowest BCUT2D eigenvalue weighted by Crippen LogP contribution is -2.12. The second-order valence-electron chi connectivity index (χ2n) is 9.19. The van der Waals surface area contributed by atoms with Crippen molar-refractivity contribution in [3.8, 4) is 17.2 Å². The van der Waals surface area contributed by atoms with Gasteiger partial charge >= 0.3 is 5.97 Å². The predicted octanol–water partition coefficient (Wildman–Crippen LogP) is 7.26. The van der Waals surface area contributed by atoms with Crippen molar-refractivity contribution in [2.24, 2.45) is 0 Å². The highest BCUT2D eigenvalue weighted by molar-refractivity contribution is 5.92. The molecule has 0 amide bonds. The second kappa shape index (κ2) is 17.9. The van der Waals surface area contributed by atoms with Gasteiger partial charge in [-0.15, -0.1) is 0 Å². The summed E-state index contributed by atoms with van der Waals surface area (Å²) in [6, 6.07) is 22.2. The van der Waals surface area contributed by atoms with Crippen LogP contribution < -0.4 is 19.5 Å². The summed E-state index contributed by atoms with van der Waals surface area (Å²) in [5, 5.41) is 3.38. The molecule has 210 valence electrons. The topological polar surface area (TPSA) is 75.3 Å². The van der Waals surface area contributed by atoms with Crippen molar-refractivity contribution >= 4 is 11.7 Å². The molecule has 0 aliphatic carbocycles. The number of benzene rings is 3. The number of anilines is 1. The molecule has 0 unspecified atom stereocenters. The fourth-order valence-electron chi connectivity index (χ4n) is 3.86. The largest absolute Gasteiger partial charge is 0.494 e. The summed E-state index contributed by atoms with van der Waals surface area (Å²) in [5.41, 5.74) is 2.14. The lowest BCUT2D eigenvalue weighted by Gasteiger charge is -2.15. The fraction of sp³-hybridized carbons (Fsp3) is 0.406. The summed E-state index contributed by atoms with van der Waals surface area (Å²) >= 11 is 0. The van der Waals surface area contributed by atoms with E-state index in [2.05, 4.69) is 12.2 Å². The molecule has 0 atom stereocenters. The molecular weight excluding hydrogens is 494 g/mol. The molecule has 0 fully saturated rings. The van der Waals surface area contributed by atoms with Crippen LogP contribution in [0.25, 0.3) is 0 Å². The highest BCUT2D eigenvalue weighted by Gasteiger charge is 2.13. The molecule has 3 aromatic carbocycles. The smallest absolute Gasteiger partial charge is 0.343 e. The number of nitrogens with one attached hydrogen (secondary N) is 1. The highest BCUT2D eigenvalue weighted by Crippen LogP contribution is 2.28. The third-order valence-corrected chi connectivity index (χ3v) is 6.07. The van der Waals surface area contributed by atoms with Gasteiger partial charge in [-0.2, -0.15) is 0 Å². The van der Waals surface area contributed by atoms with Crippen molar-refractivity contribution in [2.75, 3.05) is 39.0 Å². The number of para-hydroxylation sites is 1. The third kappa shape index (κ3) is 11.4. The summed E-state index contributed by atoms with van der Waals surface area (Å²) in [6.45, 7) is 4.48.